The molecule has 0 aliphatic carbocycles. The molecule has 0 fully saturated rings. The van der Waals surface area contributed by atoms with Crippen molar-refractivity contribution in [2.45, 2.75) is 39.8 Å². The molecular weight excluding hydrogens is 218 g/mol. The summed E-state index contributed by atoms with van der Waals surface area (Å²) in [6, 6.07) is 1.80. The van der Waals surface area contributed by atoms with Gasteiger partial charge in [0.15, 0.2) is 0 Å². The Labute approximate surface area is 102 Å². The van der Waals surface area contributed by atoms with E-state index in [2.05, 4.69) is 5.10 Å². The number of hydrogen-bond donors (Lipinski definition) is 1. The minimum absolute atomic E-state index is 0.0481. The summed E-state index contributed by atoms with van der Waals surface area (Å²) in [5, 5.41) is 13.5. The zero-order valence-corrected chi connectivity index (χ0v) is 11.0. The molecule has 0 radical (unpaired) electrons. The number of carbonyl (C=O) groups is 1. The zero-order chi connectivity index (χ0) is 13.0. The highest BCUT2D eigenvalue weighted by Gasteiger charge is 2.17. The lowest BCUT2D eigenvalue weighted by Crippen LogP contribution is -2.31. The number of aryl methyl sites for hydroxylation is 2. The lowest BCUT2D eigenvalue weighted by atomic mass is 10.2. The predicted molar refractivity (Wildman–Crippen MR) is 65.9 cm³/mol. The van der Waals surface area contributed by atoms with E-state index in [-0.39, 0.29) is 12.0 Å². The summed E-state index contributed by atoms with van der Waals surface area (Å²) in [4.78, 5) is 13.8. The Balaban J connectivity index is 2.74. The topological polar surface area (TPSA) is 58.4 Å². The first kappa shape index (κ1) is 13.7. The van der Waals surface area contributed by atoms with Crippen LogP contribution in [0.3, 0.4) is 0 Å². The fourth-order valence-corrected chi connectivity index (χ4v) is 1.64. The lowest BCUT2D eigenvalue weighted by Gasteiger charge is -2.18. The highest BCUT2D eigenvalue weighted by molar-refractivity contribution is 5.92. The Hall–Kier alpha value is -1.36. The van der Waals surface area contributed by atoms with Crippen LogP contribution in [-0.2, 0) is 6.54 Å². The molecule has 1 amide bonds. The van der Waals surface area contributed by atoms with Gasteiger partial charge < -0.3 is 10.0 Å². The minimum Gasteiger partial charge on any atom is -0.393 e. The maximum absolute atomic E-state index is 12.1. The van der Waals surface area contributed by atoms with Gasteiger partial charge in [0.05, 0.1) is 11.8 Å². The Bertz CT molecular complexity index is 385. The maximum Gasteiger partial charge on any atom is 0.271 e. The molecule has 0 bridgehead atoms. The van der Waals surface area contributed by atoms with Gasteiger partial charge in [-0.25, -0.2) is 0 Å². The molecule has 1 aromatic heterocycles. The molecule has 5 nitrogen and oxygen atoms in total. The zero-order valence-electron chi connectivity index (χ0n) is 11.0. The molecule has 0 aliphatic heterocycles. The second-order valence-electron chi connectivity index (χ2n) is 4.35. The first-order chi connectivity index (χ1) is 7.95. The second kappa shape index (κ2) is 5.82. The van der Waals surface area contributed by atoms with Crippen LogP contribution < -0.4 is 0 Å². The fourth-order valence-electron chi connectivity index (χ4n) is 1.64. The maximum atomic E-state index is 12.1. The van der Waals surface area contributed by atoms with Crippen LogP contribution in [0.4, 0.5) is 0 Å². The first-order valence-electron chi connectivity index (χ1n) is 5.93. The van der Waals surface area contributed by atoms with Gasteiger partial charge in [0.2, 0.25) is 0 Å². The van der Waals surface area contributed by atoms with Crippen LogP contribution in [0.1, 0.15) is 36.5 Å². The third-order valence-corrected chi connectivity index (χ3v) is 2.65. The van der Waals surface area contributed by atoms with E-state index in [4.69, 9.17) is 0 Å². The monoisotopic (exact) mass is 239 g/mol. The summed E-state index contributed by atoms with van der Waals surface area (Å²) < 4.78 is 1.70. The molecule has 0 spiro atoms. The van der Waals surface area contributed by atoms with Gasteiger partial charge in [-0.2, -0.15) is 5.10 Å². The van der Waals surface area contributed by atoms with Gasteiger partial charge in [0.1, 0.15) is 5.69 Å². The molecular formula is C12H21N3O2. The predicted octanol–water partition coefficient (Wildman–Crippen LogP) is 1.05. The van der Waals surface area contributed by atoms with Crippen molar-refractivity contribution >= 4 is 5.91 Å². The first-order valence-corrected chi connectivity index (χ1v) is 5.93. The van der Waals surface area contributed by atoms with E-state index in [1.807, 2.05) is 13.8 Å². The van der Waals surface area contributed by atoms with Crippen molar-refractivity contribution in [2.24, 2.45) is 0 Å². The molecule has 1 N–H and O–H groups in total. The van der Waals surface area contributed by atoms with Gasteiger partial charge in [-0.1, -0.05) is 0 Å². The largest absolute Gasteiger partial charge is 0.393 e. The summed E-state index contributed by atoms with van der Waals surface area (Å²) in [6.45, 7) is 6.78. The van der Waals surface area contributed by atoms with E-state index in [0.717, 1.165) is 5.69 Å². The van der Waals surface area contributed by atoms with Crippen LogP contribution in [0.5, 0.6) is 0 Å². The van der Waals surface area contributed by atoms with Crippen molar-refractivity contribution in [3.63, 3.8) is 0 Å². The molecule has 1 aromatic rings. The van der Waals surface area contributed by atoms with Crippen LogP contribution in [0, 0.1) is 6.92 Å². The summed E-state index contributed by atoms with van der Waals surface area (Å²) in [7, 11) is 1.74. The third kappa shape index (κ3) is 3.56. The third-order valence-electron chi connectivity index (χ3n) is 2.65. The number of aromatic nitrogens is 2. The number of rotatable bonds is 5. The Kier molecular flexibility index (Phi) is 4.69. The number of aliphatic hydroxyl groups excluding tert-OH is 1. The van der Waals surface area contributed by atoms with Gasteiger partial charge in [0, 0.05) is 20.1 Å². The summed E-state index contributed by atoms with van der Waals surface area (Å²) >= 11 is 0. The van der Waals surface area contributed by atoms with Crippen molar-refractivity contribution < 1.29 is 9.90 Å². The van der Waals surface area contributed by atoms with Gasteiger partial charge in [-0.05, 0) is 33.3 Å². The molecule has 0 saturated carbocycles. The van der Waals surface area contributed by atoms with Crippen molar-refractivity contribution in [3.8, 4) is 0 Å². The van der Waals surface area contributed by atoms with E-state index >= 15 is 0 Å². The summed E-state index contributed by atoms with van der Waals surface area (Å²) in [6.07, 6.45) is 0.199. The normalized spacial score (nSPS) is 12.5. The summed E-state index contributed by atoms with van der Waals surface area (Å²) in [5.41, 5.74) is 1.46. The van der Waals surface area contributed by atoms with E-state index < -0.39 is 0 Å². The Morgan fingerprint density at radius 3 is 2.82 bits per heavy atom. The van der Waals surface area contributed by atoms with Crippen molar-refractivity contribution in [3.05, 3.63) is 17.5 Å². The fraction of sp³-hybridized carbons (Fsp3) is 0.667. The number of carbonyl (C=O) groups excluding carboxylic acids is 1. The number of hydrogen-bond acceptors (Lipinski definition) is 3. The highest BCUT2D eigenvalue weighted by atomic mass is 16.3. The number of amides is 1. The highest BCUT2D eigenvalue weighted by Crippen LogP contribution is 2.07. The number of aliphatic hydroxyl groups is 1. The smallest absolute Gasteiger partial charge is 0.271 e. The lowest BCUT2D eigenvalue weighted by molar-refractivity contribution is 0.0757. The SMILES string of the molecule is CCn1nc(C)cc1C(=O)N(C)CCC(C)O. The van der Waals surface area contributed by atoms with Crippen molar-refractivity contribution in [1.82, 2.24) is 14.7 Å². The average molecular weight is 239 g/mol. The second-order valence-corrected chi connectivity index (χ2v) is 4.35. The van der Waals surface area contributed by atoms with E-state index in [1.165, 1.54) is 0 Å². The van der Waals surface area contributed by atoms with Crippen molar-refractivity contribution in [2.75, 3.05) is 13.6 Å². The minimum atomic E-state index is -0.386. The average Bonchev–Trinajstić information content (AvgIpc) is 2.66. The van der Waals surface area contributed by atoms with Gasteiger partial charge >= 0.3 is 0 Å². The Morgan fingerprint density at radius 2 is 2.29 bits per heavy atom. The van der Waals surface area contributed by atoms with Gasteiger partial charge in [-0.3, -0.25) is 9.48 Å². The van der Waals surface area contributed by atoms with Gasteiger partial charge in [0.25, 0.3) is 5.91 Å². The molecule has 5 heteroatoms. The molecule has 0 aromatic carbocycles. The standard InChI is InChI=1S/C12H21N3O2/c1-5-15-11(8-9(2)13-15)12(17)14(4)7-6-10(3)16/h8,10,16H,5-7H2,1-4H3. The van der Waals surface area contributed by atoms with Crippen LogP contribution >= 0.6 is 0 Å². The van der Waals surface area contributed by atoms with E-state index in [9.17, 15) is 9.90 Å². The van der Waals surface area contributed by atoms with Crippen LogP contribution in [0.2, 0.25) is 0 Å². The molecule has 0 saturated heterocycles. The molecule has 1 unspecified atom stereocenters. The van der Waals surface area contributed by atoms with E-state index in [1.54, 1.807) is 29.6 Å². The molecule has 96 valence electrons. The Morgan fingerprint density at radius 1 is 1.65 bits per heavy atom. The number of nitrogens with zero attached hydrogens (tertiary/aromatic N) is 3. The van der Waals surface area contributed by atoms with Crippen LogP contribution in [0.25, 0.3) is 0 Å². The van der Waals surface area contributed by atoms with E-state index in [0.29, 0.717) is 25.2 Å². The molecule has 0 aliphatic rings. The van der Waals surface area contributed by atoms with Crippen LogP contribution in [0.15, 0.2) is 6.07 Å². The molecule has 1 heterocycles. The molecule has 1 atom stereocenters. The molecule has 17 heavy (non-hydrogen) atoms. The van der Waals surface area contributed by atoms with Crippen LogP contribution in [-0.4, -0.2) is 45.4 Å². The quantitative estimate of drug-likeness (QED) is 0.835. The summed E-state index contributed by atoms with van der Waals surface area (Å²) in [5.74, 6) is -0.0481. The van der Waals surface area contributed by atoms with Gasteiger partial charge in [-0.15, -0.1) is 0 Å². The molecule has 1 rings (SSSR count). The van der Waals surface area contributed by atoms with Crippen molar-refractivity contribution in [1.29, 1.82) is 0 Å².